The third-order valence-corrected chi connectivity index (χ3v) is 7.58. The molecule has 2 aromatic carbocycles. The number of imidazole rings is 1. The lowest BCUT2D eigenvalue weighted by molar-refractivity contribution is -0.0222. The van der Waals surface area contributed by atoms with E-state index >= 15 is 0 Å². The van der Waals surface area contributed by atoms with E-state index in [4.69, 9.17) is 10.7 Å². The number of nitrogens with one attached hydrogen (secondary N) is 1. The number of nitrogens with zero attached hydrogens (tertiary/aromatic N) is 4. The molecule has 1 aliphatic heterocycles. The van der Waals surface area contributed by atoms with Crippen LogP contribution in [0.25, 0.3) is 0 Å². The van der Waals surface area contributed by atoms with E-state index in [0.29, 0.717) is 23.6 Å². The molecule has 3 aromatic rings. The fourth-order valence-corrected chi connectivity index (χ4v) is 5.56. The van der Waals surface area contributed by atoms with E-state index in [0.717, 1.165) is 50.2 Å². The van der Waals surface area contributed by atoms with Crippen molar-refractivity contribution in [3.8, 4) is 0 Å². The maximum Gasteiger partial charge on any atom is 0.287 e. The van der Waals surface area contributed by atoms with Gasteiger partial charge in [-0.2, -0.15) is 0 Å². The summed E-state index contributed by atoms with van der Waals surface area (Å²) in [7, 11) is 3.53. The standard InChI is InChI=1S/C28H34N6O2/c1-19-24-28(13-4-14-28)33(18-21-5-9-22(10-6-21)27(36)32(2)3)15-16-34(24)25(31-19)26(35)30-17-20-7-11-23(29)12-8-20/h5-12H,4,13-18,29H2,1-3H3,(H,30,35). The average Bonchev–Trinajstić information content (AvgIpc) is 3.19. The minimum Gasteiger partial charge on any atom is -0.399 e. The molecule has 2 aliphatic rings. The van der Waals surface area contributed by atoms with Crippen molar-refractivity contribution in [3.63, 3.8) is 0 Å². The minimum absolute atomic E-state index is 0.0108. The number of aryl methyl sites for hydroxylation is 1. The summed E-state index contributed by atoms with van der Waals surface area (Å²) in [6.07, 6.45) is 3.28. The molecule has 1 saturated carbocycles. The average molecular weight is 487 g/mol. The number of amides is 2. The predicted octanol–water partition coefficient (Wildman–Crippen LogP) is 3.30. The van der Waals surface area contributed by atoms with E-state index in [9.17, 15) is 9.59 Å². The fraction of sp³-hybridized carbons (Fsp3) is 0.393. The highest BCUT2D eigenvalue weighted by molar-refractivity contribution is 5.93. The van der Waals surface area contributed by atoms with Crippen LogP contribution in [0.2, 0.25) is 0 Å². The van der Waals surface area contributed by atoms with Gasteiger partial charge in [-0.3, -0.25) is 14.5 Å². The number of carbonyl (C=O) groups is 2. The van der Waals surface area contributed by atoms with E-state index in [2.05, 4.69) is 26.9 Å². The second-order valence-electron chi connectivity index (χ2n) is 10.1. The first-order valence-corrected chi connectivity index (χ1v) is 12.5. The third kappa shape index (κ3) is 4.26. The van der Waals surface area contributed by atoms with Crippen molar-refractivity contribution in [1.82, 2.24) is 24.7 Å². The molecule has 8 heteroatoms. The lowest BCUT2D eigenvalue weighted by atomic mass is 9.71. The first-order valence-electron chi connectivity index (χ1n) is 12.5. The lowest BCUT2D eigenvalue weighted by Crippen LogP contribution is -2.56. The van der Waals surface area contributed by atoms with Gasteiger partial charge < -0.3 is 20.5 Å². The molecular formula is C28H34N6O2. The van der Waals surface area contributed by atoms with Crippen LogP contribution < -0.4 is 11.1 Å². The van der Waals surface area contributed by atoms with Gasteiger partial charge in [0.25, 0.3) is 11.8 Å². The molecule has 0 unspecified atom stereocenters. The number of nitrogen functional groups attached to an aromatic ring is 1. The Balaban J connectivity index is 1.34. The van der Waals surface area contributed by atoms with Crippen LogP contribution in [0.1, 0.15) is 62.8 Å². The van der Waals surface area contributed by atoms with Gasteiger partial charge in [-0.15, -0.1) is 0 Å². The number of anilines is 1. The summed E-state index contributed by atoms with van der Waals surface area (Å²) < 4.78 is 2.14. The van der Waals surface area contributed by atoms with Crippen molar-refractivity contribution < 1.29 is 9.59 Å². The molecular weight excluding hydrogens is 452 g/mol. The van der Waals surface area contributed by atoms with Crippen molar-refractivity contribution >= 4 is 17.5 Å². The van der Waals surface area contributed by atoms with Crippen LogP contribution >= 0.6 is 0 Å². The van der Waals surface area contributed by atoms with Gasteiger partial charge in [-0.25, -0.2) is 4.98 Å². The molecule has 5 rings (SSSR count). The Morgan fingerprint density at radius 2 is 1.69 bits per heavy atom. The van der Waals surface area contributed by atoms with Crippen molar-refractivity contribution in [1.29, 1.82) is 0 Å². The van der Waals surface area contributed by atoms with Gasteiger partial charge in [0.15, 0.2) is 5.82 Å². The number of nitrogens with two attached hydrogens (primary N) is 1. The van der Waals surface area contributed by atoms with Gasteiger partial charge in [0.1, 0.15) is 0 Å². The summed E-state index contributed by atoms with van der Waals surface area (Å²) in [6.45, 7) is 4.83. The van der Waals surface area contributed by atoms with Gasteiger partial charge >= 0.3 is 0 Å². The van der Waals surface area contributed by atoms with Gasteiger partial charge in [0.05, 0.1) is 16.9 Å². The topological polar surface area (TPSA) is 96.5 Å². The Kier molecular flexibility index (Phi) is 6.30. The van der Waals surface area contributed by atoms with Crippen molar-refractivity contribution in [2.75, 3.05) is 26.4 Å². The van der Waals surface area contributed by atoms with Crippen molar-refractivity contribution in [2.24, 2.45) is 0 Å². The Hall–Kier alpha value is -3.65. The Bertz CT molecular complexity index is 1270. The maximum atomic E-state index is 13.1. The summed E-state index contributed by atoms with van der Waals surface area (Å²) in [6, 6.07) is 15.5. The van der Waals surface area contributed by atoms with Crippen molar-refractivity contribution in [3.05, 3.63) is 82.4 Å². The number of benzene rings is 2. The molecule has 2 amide bonds. The van der Waals surface area contributed by atoms with Crippen LogP contribution in [-0.4, -0.2) is 51.8 Å². The van der Waals surface area contributed by atoms with E-state index in [1.165, 1.54) is 11.3 Å². The van der Waals surface area contributed by atoms with Crippen LogP contribution in [0.5, 0.6) is 0 Å². The summed E-state index contributed by atoms with van der Waals surface area (Å²) in [5, 5.41) is 3.03. The molecule has 36 heavy (non-hydrogen) atoms. The summed E-state index contributed by atoms with van der Waals surface area (Å²) in [5.74, 6) is 0.359. The second-order valence-corrected chi connectivity index (χ2v) is 10.1. The van der Waals surface area contributed by atoms with E-state index in [-0.39, 0.29) is 17.4 Å². The zero-order chi connectivity index (χ0) is 25.4. The highest BCUT2D eigenvalue weighted by atomic mass is 16.2. The normalized spacial score (nSPS) is 16.3. The predicted molar refractivity (Wildman–Crippen MR) is 139 cm³/mol. The molecule has 1 fully saturated rings. The first-order chi connectivity index (χ1) is 17.3. The Morgan fingerprint density at radius 3 is 2.31 bits per heavy atom. The van der Waals surface area contributed by atoms with Crippen LogP contribution in [-0.2, 0) is 25.2 Å². The molecule has 0 atom stereocenters. The molecule has 0 bridgehead atoms. The number of aromatic nitrogens is 2. The highest BCUT2D eigenvalue weighted by Gasteiger charge is 2.50. The molecule has 188 valence electrons. The zero-order valence-corrected chi connectivity index (χ0v) is 21.3. The molecule has 0 saturated heterocycles. The number of hydrogen-bond donors (Lipinski definition) is 2. The van der Waals surface area contributed by atoms with Crippen LogP contribution in [0.4, 0.5) is 5.69 Å². The number of carbonyl (C=O) groups excluding carboxylic acids is 2. The quantitative estimate of drug-likeness (QED) is 0.521. The fourth-order valence-electron chi connectivity index (χ4n) is 5.56. The molecule has 1 aliphatic carbocycles. The minimum atomic E-state index is -0.148. The molecule has 0 radical (unpaired) electrons. The van der Waals surface area contributed by atoms with E-state index in [1.807, 2.05) is 43.3 Å². The smallest absolute Gasteiger partial charge is 0.287 e. The Labute approximate surface area is 212 Å². The lowest BCUT2D eigenvalue weighted by Gasteiger charge is -2.53. The third-order valence-electron chi connectivity index (χ3n) is 7.58. The van der Waals surface area contributed by atoms with E-state index in [1.54, 1.807) is 19.0 Å². The van der Waals surface area contributed by atoms with Gasteiger partial charge in [-0.1, -0.05) is 24.3 Å². The Morgan fingerprint density at radius 1 is 1.03 bits per heavy atom. The summed E-state index contributed by atoms with van der Waals surface area (Å²) in [5.41, 5.74) is 11.4. The van der Waals surface area contributed by atoms with Gasteiger partial charge in [0.2, 0.25) is 0 Å². The van der Waals surface area contributed by atoms with Gasteiger partial charge in [0, 0.05) is 51.5 Å². The molecule has 3 N–H and O–H groups in total. The van der Waals surface area contributed by atoms with E-state index < -0.39 is 0 Å². The molecule has 8 nitrogen and oxygen atoms in total. The second kappa shape index (κ2) is 9.43. The summed E-state index contributed by atoms with van der Waals surface area (Å²) in [4.78, 5) is 34.3. The maximum absolute atomic E-state index is 13.1. The number of hydrogen-bond acceptors (Lipinski definition) is 5. The first kappa shape index (κ1) is 24.1. The van der Waals surface area contributed by atoms with Crippen molar-refractivity contribution in [2.45, 2.75) is 51.4 Å². The SMILES string of the molecule is Cc1nc(C(=O)NCc2ccc(N)cc2)n2c1C1(CCC1)N(Cc1ccc(C(=O)N(C)C)cc1)CC2. The molecule has 1 spiro atoms. The largest absolute Gasteiger partial charge is 0.399 e. The van der Waals surface area contributed by atoms with Gasteiger partial charge in [-0.05, 0) is 61.6 Å². The van der Waals surface area contributed by atoms with Crippen LogP contribution in [0.15, 0.2) is 48.5 Å². The highest BCUT2D eigenvalue weighted by Crippen LogP contribution is 2.50. The number of rotatable bonds is 6. The molecule has 1 aromatic heterocycles. The number of fused-ring (bicyclic) bond motifs is 2. The zero-order valence-electron chi connectivity index (χ0n) is 21.3. The van der Waals surface area contributed by atoms with Crippen LogP contribution in [0, 0.1) is 6.92 Å². The molecule has 2 heterocycles. The summed E-state index contributed by atoms with van der Waals surface area (Å²) >= 11 is 0. The monoisotopic (exact) mass is 486 g/mol. The van der Waals surface area contributed by atoms with Crippen LogP contribution in [0.3, 0.4) is 0 Å².